The van der Waals surface area contributed by atoms with Crippen LogP contribution in [-0.4, -0.2) is 26.1 Å². The van der Waals surface area contributed by atoms with Crippen LogP contribution in [0.1, 0.15) is 21.5 Å². The maximum atomic E-state index is 13.9. The van der Waals surface area contributed by atoms with Crippen LogP contribution < -0.4 is 4.74 Å². The number of Topliss-reactive ketones (excluding diaryl/α,β-unsaturated/α-hetero) is 1. The zero-order valence-corrected chi connectivity index (χ0v) is 14.4. The van der Waals surface area contributed by atoms with Crippen LogP contribution >= 0.6 is 0 Å². The fourth-order valence-corrected chi connectivity index (χ4v) is 3.90. The number of nitrogens with zero attached hydrogens (tertiary/aromatic N) is 1. The van der Waals surface area contributed by atoms with E-state index in [0.717, 1.165) is 30.3 Å². The van der Waals surface area contributed by atoms with E-state index in [-0.39, 0.29) is 17.1 Å². The highest BCUT2D eigenvalue weighted by Crippen LogP contribution is 2.45. The first kappa shape index (κ1) is 19.4. The summed E-state index contributed by atoms with van der Waals surface area (Å²) in [6.07, 6.45) is 0. The van der Waals surface area contributed by atoms with E-state index in [1.54, 1.807) is 6.07 Å². The SMILES string of the molecule is N#Cc1cc(F)cc(Oc2ccc3c(c2C#CCF)C(=O)C(F)(F)S3(=O)=O)c1. The summed E-state index contributed by atoms with van der Waals surface area (Å²) in [5.41, 5.74) is -1.62. The number of fused-ring (bicyclic) bond motifs is 1. The van der Waals surface area contributed by atoms with Crippen LogP contribution in [0.5, 0.6) is 11.5 Å². The summed E-state index contributed by atoms with van der Waals surface area (Å²) in [6.45, 7) is -1.21. The predicted molar refractivity (Wildman–Crippen MR) is 86.9 cm³/mol. The second-order valence-corrected chi connectivity index (χ2v) is 7.45. The maximum Gasteiger partial charge on any atom is 0.411 e. The fourth-order valence-electron chi connectivity index (χ4n) is 2.56. The number of alkyl halides is 3. The highest BCUT2D eigenvalue weighted by molar-refractivity contribution is 7.94. The molecule has 142 valence electrons. The molecule has 1 aliphatic rings. The lowest BCUT2D eigenvalue weighted by Crippen LogP contribution is -2.30. The van der Waals surface area contributed by atoms with Crippen molar-refractivity contribution in [2.24, 2.45) is 0 Å². The molecule has 28 heavy (non-hydrogen) atoms. The minimum absolute atomic E-state index is 0.113. The van der Waals surface area contributed by atoms with E-state index in [4.69, 9.17) is 10.00 Å². The number of ether oxygens (including phenoxy) is 1. The van der Waals surface area contributed by atoms with Crippen molar-refractivity contribution in [3.8, 4) is 29.4 Å². The van der Waals surface area contributed by atoms with Crippen molar-refractivity contribution in [2.45, 2.75) is 10.2 Å². The topological polar surface area (TPSA) is 84.2 Å². The Bertz CT molecular complexity index is 1220. The molecule has 0 N–H and O–H groups in total. The van der Waals surface area contributed by atoms with Gasteiger partial charge in [0.25, 0.3) is 15.6 Å². The molecule has 0 amide bonds. The molecule has 2 aromatic rings. The Morgan fingerprint density at radius 1 is 1.18 bits per heavy atom. The Morgan fingerprint density at radius 3 is 2.54 bits per heavy atom. The van der Waals surface area contributed by atoms with Gasteiger partial charge >= 0.3 is 5.25 Å². The number of hydrogen-bond acceptors (Lipinski definition) is 5. The summed E-state index contributed by atoms with van der Waals surface area (Å²) >= 11 is 0. The van der Waals surface area contributed by atoms with Gasteiger partial charge in [0.2, 0.25) is 0 Å². The molecule has 0 spiro atoms. The molecular formula is C18H7F4NO4S. The normalized spacial score (nSPS) is 15.9. The van der Waals surface area contributed by atoms with Crippen LogP contribution in [0.25, 0.3) is 0 Å². The Morgan fingerprint density at radius 2 is 1.89 bits per heavy atom. The molecule has 0 unspecified atom stereocenters. The first-order valence-corrected chi connectivity index (χ1v) is 8.89. The van der Waals surface area contributed by atoms with E-state index >= 15 is 0 Å². The number of ketones is 1. The maximum absolute atomic E-state index is 13.9. The second kappa shape index (κ2) is 6.66. The van der Waals surface area contributed by atoms with Crippen LogP contribution in [0.15, 0.2) is 35.2 Å². The molecule has 0 aromatic heterocycles. The van der Waals surface area contributed by atoms with Crippen LogP contribution in [0, 0.1) is 29.0 Å². The molecule has 10 heteroatoms. The average molecular weight is 409 g/mol. The number of sulfone groups is 1. The first-order chi connectivity index (χ1) is 13.1. The van der Waals surface area contributed by atoms with Gasteiger partial charge in [-0.1, -0.05) is 11.8 Å². The van der Waals surface area contributed by atoms with Crippen molar-refractivity contribution in [3.05, 3.63) is 52.8 Å². The summed E-state index contributed by atoms with van der Waals surface area (Å²) in [6, 6.07) is 6.25. The molecule has 1 heterocycles. The zero-order valence-electron chi connectivity index (χ0n) is 13.6. The molecule has 0 atom stereocenters. The highest BCUT2D eigenvalue weighted by atomic mass is 32.2. The Kier molecular flexibility index (Phi) is 4.61. The third-order valence-corrected chi connectivity index (χ3v) is 5.54. The largest absolute Gasteiger partial charge is 0.456 e. The summed E-state index contributed by atoms with van der Waals surface area (Å²) < 4.78 is 83.1. The zero-order chi connectivity index (χ0) is 20.7. The van der Waals surface area contributed by atoms with E-state index < -0.39 is 49.4 Å². The number of benzene rings is 2. The molecular weight excluding hydrogens is 402 g/mol. The van der Waals surface area contributed by atoms with Gasteiger partial charge < -0.3 is 4.74 Å². The van der Waals surface area contributed by atoms with Crippen molar-refractivity contribution < 1.29 is 35.5 Å². The smallest absolute Gasteiger partial charge is 0.411 e. The molecule has 1 aliphatic heterocycles. The number of halogens is 4. The summed E-state index contributed by atoms with van der Waals surface area (Å²) in [4.78, 5) is 11.1. The van der Waals surface area contributed by atoms with Gasteiger partial charge in [-0.3, -0.25) is 4.79 Å². The first-order valence-electron chi connectivity index (χ1n) is 7.41. The minimum atomic E-state index is -5.29. The third-order valence-electron chi connectivity index (χ3n) is 3.76. The van der Waals surface area contributed by atoms with Gasteiger partial charge in [0.15, 0.2) is 6.67 Å². The van der Waals surface area contributed by atoms with Crippen molar-refractivity contribution in [1.29, 1.82) is 5.26 Å². The van der Waals surface area contributed by atoms with E-state index in [9.17, 15) is 30.8 Å². The number of carbonyl (C=O) groups is 1. The van der Waals surface area contributed by atoms with Gasteiger partial charge in [-0.15, -0.1) is 0 Å². The molecule has 0 saturated carbocycles. The number of carbonyl (C=O) groups excluding carboxylic acids is 1. The Labute approximate surface area is 156 Å². The fraction of sp³-hybridized carbons (Fsp3) is 0.111. The molecule has 0 radical (unpaired) electrons. The van der Waals surface area contributed by atoms with Gasteiger partial charge in [0.05, 0.1) is 27.7 Å². The van der Waals surface area contributed by atoms with Gasteiger partial charge in [0, 0.05) is 6.07 Å². The predicted octanol–water partition coefficient (Wildman–Crippen LogP) is 3.37. The minimum Gasteiger partial charge on any atom is -0.456 e. The summed E-state index contributed by atoms with van der Waals surface area (Å²) in [7, 11) is -5.29. The van der Waals surface area contributed by atoms with Gasteiger partial charge in [-0.25, -0.2) is 17.2 Å². The van der Waals surface area contributed by atoms with Gasteiger partial charge in [-0.05, 0) is 24.3 Å². The Hall–Kier alpha value is -3.37. The van der Waals surface area contributed by atoms with Crippen LogP contribution in [0.4, 0.5) is 17.6 Å². The molecule has 0 saturated heterocycles. The van der Waals surface area contributed by atoms with Crippen molar-refractivity contribution in [3.63, 3.8) is 0 Å². The standard InChI is InChI=1S/C18H7F4NO4S/c19-5-1-2-13-14(27-12-7-10(9-23)6-11(20)8-12)3-4-15-16(13)17(24)18(21,22)28(15,25)26/h3-4,6-8H,5H2. The second-order valence-electron chi connectivity index (χ2n) is 5.49. The molecule has 5 nitrogen and oxygen atoms in total. The van der Waals surface area contributed by atoms with E-state index in [0.29, 0.717) is 0 Å². The van der Waals surface area contributed by atoms with E-state index in [1.165, 1.54) is 0 Å². The van der Waals surface area contributed by atoms with Crippen molar-refractivity contribution in [2.75, 3.05) is 6.67 Å². The lowest BCUT2D eigenvalue weighted by molar-refractivity contribution is 0.0548. The summed E-state index contributed by atoms with van der Waals surface area (Å²) in [5, 5.41) is 4.17. The van der Waals surface area contributed by atoms with E-state index in [2.05, 4.69) is 5.92 Å². The number of nitriles is 1. The lowest BCUT2D eigenvalue weighted by Gasteiger charge is -2.10. The number of hydrogen-bond donors (Lipinski definition) is 0. The lowest BCUT2D eigenvalue weighted by atomic mass is 10.0. The Balaban J connectivity index is 2.24. The van der Waals surface area contributed by atoms with Crippen molar-refractivity contribution in [1.82, 2.24) is 0 Å². The van der Waals surface area contributed by atoms with Crippen LogP contribution in [0.3, 0.4) is 0 Å². The van der Waals surface area contributed by atoms with Gasteiger partial charge in [0.1, 0.15) is 17.3 Å². The van der Waals surface area contributed by atoms with Crippen molar-refractivity contribution >= 4 is 15.6 Å². The highest BCUT2D eigenvalue weighted by Gasteiger charge is 2.61. The van der Waals surface area contributed by atoms with E-state index in [1.807, 2.05) is 5.92 Å². The molecule has 0 aliphatic carbocycles. The van der Waals surface area contributed by atoms with Crippen LogP contribution in [0.2, 0.25) is 0 Å². The monoisotopic (exact) mass is 409 g/mol. The quantitative estimate of drug-likeness (QED) is 0.561. The van der Waals surface area contributed by atoms with Gasteiger partial charge in [-0.2, -0.15) is 14.0 Å². The number of rotatable bonds is 2. The molecule has 2 aromatic carbocycles. The van der Waals surface area contributed by atoms with Crippen LogP contribution in [-0.2, 0) is 9.84 Å². The molecule has 0 fully saturated rings. The average Bonchev–Trinajstić information content (AvgIpc) is 2.77. The summed E-state index contributed by atoms with van der Waals surface area (Å²) in [5.74, 6) is 0.548. The molecule has 0 bridgehead atoms. The third kappa shape index (κ3) is 2.88. The molecule has 3 rings (SSSR count).